The van der Waals surface area contributed by atoms with Crippen molar-refractivity contribution in [1.82, 2.24) is 24.2 Å². The maximum Gasteiger partial charge on any atom is 0.253 e. The molecule has 3 rings (SSSR count). The van der Waals surface area contributed by atoms with E-state index in [0.717, 1.165) is 31.7 Å². The molecule has 1 atom stereocenters. The number of aromatic nitrogens is 4. The zero-order valence-electron chi connectivity index (χ0n) is 10.9. The summed E-state index contributed by atoms with van der Waals surface area (Å²) in [5, 5.41) is 4.29. The molecule has 0 spiro atoms. The van der Waals surface area contributed by atoms with Gasteiger partial charge in [0.1, 0.15) is 0 Å². The van der Waals surface area contributed by atoms with Crippen LogP contribution in [0.2, 0.25) is 0 Å². The van der Waals surface area contributed by atoms with Gasteiger partial charge in [-0.2, -0.15) is 5.10 Å². The van der Waals surface area contributed by atoms with Crippen molar-refractivity contribution in [3.05, 3.63) is 46.9 Å². The van der Waals surface area contributed by atoms with Crippen LogP contribution in [0.4, 0.5) is 0 Å². The average molecular weight is 259 g/mol. The second kappa shape index (κ2) is 4.97. The number of rotatable bonds is 3. The van der Waals surface area contributed by atoms with Gasteiger partial charge in [-0.05, 0) is 12.5 Å². The Labute approximate surface area is 111 Å². The minimum Gasteiger partial charge on any atom is -0.302 e. The Bertz CT molecular complexity index is 604. The van der Waals surface area contributed by atoms with E-state index in [0.29, 0.717) is 6.04 Å². The first kappa shape index (κ1) is 12.1. The van der Waals surface area contributed by atoms with Crippen molar-refractivity contribution < 1.29 is 0 Å². The molecule has 2 aromatic rings. The van der Waals surface area contributed by atoms with Crippen molar-refractivity contribution in [1.29, 1.82) is 0 Å². The predicted molar refractivity (Wildman–Crippen MR) is 70.6 cm³/mol. The zero-order valence-corrected chi connectivity index (χ0v) is 10.9. The molecular weight excluding hydrogens is 242 g/mol. The van der Waals surface area contributed by atoms with Gasteiger partial charge in [0.2, 0.25) is 0 Å². The Morgan fingerprint density at radius 2 is 2.37 bits per heavy atom. The van der Waals surface area contributed by atoms with Gasteiger partial charge in [0.25, 0.3) is 5.56 Å². The molecule has 19 heavy (non-hydrogen) atoms. The van der Waals surface area contributed by atoms with Crippen molar-refractivity contribution in [2.24, 2.45) is 7.05 Å². The lowest BCUT2D eigenvalue weighted by atomic mass is 10.3. The normalized spacial score (nSPS) is 19.9. The van der Waals surface area contributed by atoms with E-state index in [9.17, 15) is 4.79 Å². The molecule has 0 radical (unpaired) electrons. The molecular formula is C13H17N5O. The lowest BCUT2D eigenvalue weighted by Crippen LogP contribution is -2.24. The summed E-state index contributed by atoms with van der Waals surface area (Å²) in [6, 6.07) is 3.99. The monoisotopic (exact) mass is 259 g/mol. The van der Waals surface area contributed by atoms with Gasteiger partial charge >= 0.3 is 0 Å². The molecule has 100 valence electrons. The van der Waals surface area contributed by atoms with Gasteiger partial charge in [0.05, 0.1) is 18.1 Å². The molecule has 2 aromatic heterocycles. The molecule has 0 bridgehead atoms. The van der Waals surface area contributed by atoms with E-state index in [2.05, 4.69) is 15.0 Å². The summed E-state index contributed by atoms with van der Waals surface area (Å²) in [7, 11) is 1.71. The van der Waals surface area contributed by atoms with Crippen LogP contribution in [0.25, 0.3) is 0 Å². The van der Waals surface area contributed by atoms with Gasteiger partial charge in [0, 0.05) is 45.1 Å². The maximum absolute atomic E-state index is 11.6. The first-order valence-corrected chi connectivity index (χ1v) is 6.45. The van der Waals surface area contributed by atoms with E-state index >= 15 is 0 Å². The zero-order chi connectivity index (χ0) is 13.2. The molecule has 1 aliphatic rings. The van der Waals surface area contributed by atoms with Crippen LogP contribution < -0.4 is 5.56 Å². The molecule has 0 saturated carbocycles. The second-order valence-electron chi connectivity index (χ2n) is 4.99. The van der Waals surface area contributed by atoms with Crippen molar-refractivity contribution in [2.75, 3.05) is 13.1 Å². The topological polar surface area (TPSA) is 56.0 Å². The minimum atomic E-state index is -0.00665. The number of hydrogen-bond acceptors (Lipinski definition) is 4. The summed E-state index contributed by atoms with van der Waals surface area (Å²) < 4.78 is 3.50. The van der Waals surface area contributed by atoms with Gasteiger partial charge in [-0.15, -0.1) is 0 Å². The Balaban J connectivity index is 1.65. The van der Waals surface area contributed by atoms with Crippen LogP contribution in [-0.4, -0.2) is 37.3 Å². The van der Waals surface area contributed by atoms with Gasteiger partial charge in [-0.1, -0.05) is 0 Å². The van der Waals surface area contributed by atoms with Crippen LogP contribution in [0.5, 0.6) is 0 Å². The van der Waals surface area contributed by atoms with Gasteiger partial charge < -0.3 is 4.57 Å². The Morgan fingerprint density at radius 1 is 1.47 bits per heavy atom. The molecule has 3 heterocycles. The van der Waals surface area contributed by atoms with Crippen LogP contribution in [0.1, 0.15) is 18.2 Å². The van der Waals surface area contributed by atoms with Gasteiger partial charge in [-0.25, -0.2) is 4.98 Å². The highest BCUT2D eigenvalue weighted by atomic mass is 16.1. The van der Waals surface area contributed by atoms with Crippen molar-refractivity contribution in [3.8, 4) is 0 Å². The Morgan fingerprint density at radius 3 is 3.11 bits per heavy atom. The lowest BCUT2D eigenvalue weighted by molar-refractivity contribution is 0.307. The minimum absolute atomic E-state index is 0.00665. The molecule has 0 amide bonds. The molecule has 0 aromatic carbocycles. The highest BCUT2D eigenvalue weighted by molar-refractivity contribution is 5.00. The number of aryl methyl sites for hydroxylation is 1. The third-order valence-electron chi connectivity index (χ3n) is 3.57. The summed E-state index contributed by atoms with van der Waals surface area (Å²) in [4.78, 5) is 18.2. The fraction of sp³-hybridized carbons (Fsp3) is 0.462. The summed E-state index contributed by atoms with van der Waals surface area (Å²) in [5.74, 6) is 0. The third kappa shape index (κ3) is 2.58. The largest absolute Gasteiger partial charge is 0.302 e. The summed E-state index contributed by atoms with van der Waals surface area (Å²) in [6.07, 6.45) is 6.49. The van der Waals surface area contributed by atoms with E-state index < -0.39 is 0 Å². The molecule has 1 saturated heterocycles. The summed E-state index contributed by atoms with van der Waals surface area (Å²) in [6.45, 7) is 2.70. The van der Waals surface area contributed by atoms with Crippen LogP contribution in [-0.2, 0) is 13.6 Å². The molecule has 6 nitrogen and oxygen atoms in total. The standard InChI is InChI=1S/C13H17N5O/c1-16-10-14-11(7-13(16)19)8-17-6-3-12(9-17)18-5-2-4-15-18/h2,4-5,7,10,12H,3,6,8-9H2,1H3. The summed E-state index contributed by atoms with van der Waals surface area (Å²) >= 11 is 0. The predicted octanol–water partition coefficient (Wildman–Crippen LogP) is 0.424. The number of hydrogen-bond donors (Lipinski definition) is 0. The SMILES string of the molecule is Cn1cnc(CN2CCC(n3cccn3)C2)cc1=O. The first-order valence-electron chi connectivity index (χ1n) is 6.45. The van der Waals surface area contributed by atoms with Crippen molar-refractivity contribution >= 4 is 0 Å². The molecule has 1 fully saturated rings. The van der Waals surface area contributed by atoms with Crippen LogP contribution in [0.15, 0.2) is 35.6 Å². The molecule has 0 aliphatic carbocycles. The molecule has 0 N–H and O–H groups in total. The quantitative estimate of drug-likeness (QED) is 0.802. The van der Waals surface area contributed by atoms with E-state index in [-0.39, 0.29) is 5.56 Å². The van der Waals surface area contributed by atoms with E-state index in [1.54, 1.807) is 19.4 Å². The van der Waals surface area contributed by atoms with Crippen molar-refractivity contribution in [3.63, 3.8) is 0 Å². The van der Waals surface area contributed by atoms with Crippen molar-refractivity contribution in [2.45, 2.75) is 19.0 Å². The average Bonchev–Trinajstić information content (AvgIpc) is 3.04. The fourth-order valence-corrected chi connectivity index (χ4v) is 2.48. The smallest absolute Gasteiger partial charge is 0.253 e. The molecule has 6 heteroatoms. The van der Waals surface area contributed by atoms with Gasteiger partial charge in [-0.3, -0.25) is 14.4 Å². The highest BCUT2D eigenvalue weighted by Crippen LogP contribution is 2.21. The van der Waals surface area contributed by atoms with E-state index in [4.69, 9.17) is 0 Å². The van der Waals surface area contributed by atoms with Crippen LogP contribution >= 0.6 is 0 Å². The second-order valence-corrected chi connectivity index (χ2v) is 4.99. The Hall–Kier alpha value is -1.95. The van der Waals surface area contributed by atoms with Crippen LogP contribution in [0.3, 0.4) is 0 Å². The first-order chi connectivity index (χ1) is 9.22. The third-order valence-corrected chi connectivity index (χ3v) is 3.57. The van der Waals surface area contributed by atoms with E-state index in [1.807, 2.05) is 23.1 Å². The van der Waals surface area contributed by atoms with E-state index in [1.165, 1.54) is 4.57 Å². The highest BCUT2D eigenvalue weighted by Gasteiger charge is 2.24. The Kier molecular flexibility index (Phi) is 3.16. The fourth-order valence-electron chi connectivity index (χ4n) is 2.48. The molecule has 1 unspecified atom stereocenters. The lowest BCUT2D eigenvalue weighted by Gasteiger charge is -2.15. The summed E-state index contributed by atoms with van der Waals surface area (Å²) in [5.41, 5.74) is 0.831. The molecule has 1 aliphatic heterocycles. The van der Waals surface area contributed by atoms with Crippen LogP contribution in [0, 0.1) is 0 Å². The number of likely N-dealkylation sites (tertiary alicyclic amines) is 1. The maximum atomic E-state index is 11.6. The number of nitrogens with zero attached hydrogens (tertiary/aromatic N) is 5. The van der Waals surface area contributed by atoms with Gasteiger partial charge in [0.15, 0.2) is 0 Å².